The van der Waals surface area contributed by atoms with E-state index in [0.29, 0.717) is 5.89 Å². The maximum atomic E-state index is 5.19. The van der Waals surface area contributed by atoms with Crippen LogP contribution in [0.4, 0.5) is 6.01 Å². The summed E-state index contributed by atoms with van der Waals surface area (Å²) in [6.45, 7) is 0. The van der Waals surface area contributed by atoms with Gasteiger partial charge in [-0.2, -0.15) is 0 Å². The van der Waals surface area contributed by atoms with Gasteiger partial charge in [0.15, 0.2) is 0 Å². The number of nitrogens with two attached hydrogens (primary N) is 1. The van der Waals surface area contributed by atoms with Crippen molar-refractivity contribution < 1.29 is 9.15 Å². The van der Waals surface area contributed by atoms with Gasteiger partial charge in [0.05, 0.1) is 7.11 Å². The van der Waals surface area contributed by atoms with Crippen molar-refractivity contribution in [2.24, 2.45) is 5.84 Å². The molecule has 0 amide bonds. The molecule has 1 aromatic carbocycles. The molecule has 6 nitrogen and oxygen atoms in total. The Bertz CT molecular complexity index is 438. The number of nitrogen functional groups attached to an aromatic ring is 1. The van der Waals surface area contributed by atoms with Crippen molar-refractivity contribution in [3.8, 4) is 17.2 Å². The molecule has 0 spiro atoms. The number of hydrogen-bond acceptors (Lipinski definition) is 6. The van der Waals surface area contributed by atoms with Crippen molar-refractivity contribution >= 4 is 6.01 Å². The zero-order valence-electron chi connectivity index (χ0n) is 8.10. The highest BCUT2D eigenvalue weighted by atomic mass is 16.5. The Balaban J connectivity index is 2.28. The zero-order chi connectivity index (χ0) is 10.7. The normalized spacial score (nSPS) is 10.0. The summed E-state index contributed by atoms with van der Waals surface area (Å²) in [6, 6.07) is 7.46. The topological polar surface area (TPSA) is 86.2 Å². The number of hydrogen-bond donors (Lipinski definition) is 2. The van der Waals surface area contributed by atoms with E-state index in [1.807, 2.05) is 24.3 Å². The van der Waals surface area contributed by atoms with Gasteiger partial charge in [-0.05, 0) is 24.3 Å². The predicted octanol–water partition coefficient (Wildman–Crippen LogP) is 1.03. The molecule has 0 radical (unpaired) electrons. The van der Waals surface area contributed by atoms with Gasteiger partial charge < -0.3 is 9.15 Å². The van der Waals surface area contributed by atoms with Crippen LogP contribution in [0.3, 0.4) is 0 Å². The van der Waals surface area contributed by atoms with Gasteiger partial charge >= 0.3 is 6.01 Å². The minimum absolute atomic E-state index is 0.181. The summed E-state index contributed by atoms with van der Waals surface area (Å²) < 4.78 is 10.2. The highest BCUT2D eigenvalue weighted by Gasteiger charge is 2.06. The van der Waals surface area contributed by atoms with Gasteiger partial charge in [0.2, 0.25) is 5.89 Å². The minimum Gasteiger partial charge on any atom is -0.497 e. The number of hydrazine groups is 1. The Hall–Kier alpha value is -2.08. The van der Waals surface area contributed by atoms with Crippen molar-refractivity contribution in [3.05, 3.63) is 24.3 Å². The average molecular weight is 206 g/mol. The van der Waals surface area contributed by atoms with Crippen molar-refractivity contribution in [1.82, 2.24) is 10.2 Å². The fourth-order valence-corrected chi connectivity index (χ4v) is 1.13. The monoisotopic (exact) mass is 206 g/mol. The first-order valence-electron chi connectivity index (χ1n) is 4.28. The highest BCUT2D eigenvalue weighted by Crippen LogP contribution is 2.21. The van der Waals surface area contributed by atoms with E-state index >= 15 is 0 Å². The van der Waals surface area contributed by atoms with Crippen molar-refractivity contribution in [2.45, 2.75) is 0 Å². The van der Waals surface area contributed by atoms with Crippen LogP contribution in [0.2, 0.25) is 0 Å². The lowest BCUT2D eigenvalue weighted by Gasteiger charge is -1.98. The third-order valence-corrected chi connectivity index (χ3v) is 1.89. The van der Waals surface area contributed by atoms with E-state index in [-0.39, 0.29) is 6.01 Å². The molecule has 0 saturated heterocycles. The van der Waals surface area contributed by atoms with Crippen LogP contribution in [0.15, 0.2) is 28.7 Å². The highest BCUT2D eigenvalue weighted by molar-refractivity contribution is 5.54. The molecule has 1 aromatic heterocycles. The lowest BCUT2D eigenvalue weighted by molar-refractivity contribution is 0.415. The lowest BCUT2D eigenvalue weighted by atomic mass is 10.2. The molecule has 0 bridgehead atoms. The van der Waals surface area contributed by atoms with Crippen LogP contribution in [-0.2, 0) is 0 Å². The standard InChI is InChI=1S/C9H10N4O2/c1-14-7-4-2-6(3-5-7)8-12-13-9(11-10)15-8/h2-5H,10H2,1H3,(H,11,13). The average Bonchev–Trinajstić information content (AvgIpc) is 2.78. The van der Waals surface area contributed by atoms with Crippen LogP contribution >= 0.6 is 0 Å². The van der Waals surface area contributed by atoms with Crippen LogP contribution in [0, 0.1) is 0 Å². The largest absolute Gasteiger partial charge is 0.497 e. The van der Waals surface area contributed by atoms with E-state index in [9.17, 15) is 0 Å². The number of nitrogens with one attached hydrogen (secondary N) is 1. The summed E-state index contributed by atoms with van der Waals surface area (Å²) in [5, 5.41) is 7.48. The molecule has 6 heteroatoms. The Morgan fingerprint density at radius 1 is 1.27 bits per heavy atom. The predicted molar refractivity (Wildman–Crippen MR) is 54.1 cm³/mol. The molecule has 1 heterocycles. The van der Waals surface area contributed by atoms with Crippen LogP contribution in [0.5, 0.6) is 5.75 Å². The lowest BCUT2D eigenvalue weighted by Crippen LogP contribution is -2.06. The van der Waals surface area contributed by atoms with Gasteiger partial charge in [-0.25, -0.2) is 5.84 Å². The molecule has 0 fully saturated rings. The van der Waals surface area contributed by atoms with Crippen molar-refractivity contribution in [1.29, 1.82) is 0 Å². The summed E-state index contributed by atoms with van der Waals surface area (Å²) in [5.74, 6) is 6.30. The summed E-state index contributed by atoms with van der Waals surface area (Å²) in [5.41, 5.74) is 3.08. The molecule has 0 saturated carbocycles. The quantitative estimate of drug-likeness (QED) is 0.576. The molecule has 78 valence electrons. The Morgan fingerprint density at radius 3 is 2.53 bits per heavy atom. The zero-order valence-corrected chi connectivity index (χ0v) is 8.10. The van der Waals surface area contributed by atoms with E-state index in [1.54, 1.807) is 7.11 Å². The van der Waals surface area contributed by atoms with Crippen LogP contribution < -0.4 is 16.0 Å². The molecule has 0 unspecified atom stereocenters. The van der Waals surface area contributed by atoms with Gasteiger partial charge in [0.25, 0.3) is 0 Å². The van der Waals surface area contributed by atoms with E-state index in [4.69, 9.17) is 15.0 Å². The summed E-state index contributed by atoms with van der Waals surface area (Å²) in [6.07, 6.45) is 0. The summed E-state index contributed by atoms with van der Waals surface area (Å²) in [4.78, 5) is 0. The van der Waals surface area contributed by atoms with Gasteiger partial charge in [-0.15, -0.1) is 5.10 Å². The molecule has 15 heavy (non-hydrogen) atoms. The second-order valence-electron chi connectivity index (χ2n) is 2.79. The number of benzene rings is 1. The van der Waals surface area contributed by atoms with E-state index in [2.05, 4.69) is 15.6 Å². The molecular weight excluding hydrogens is 196 g/mol. The van der Waals surface area contributed by atoms with Crippen LogP contribution in [-0.4, -0.2) is 17.3 Å². The van der Waals surface area contributed by atoms with E-state index < -0.39 is 0 Å². The Kier molecular flexibility index (Phi) is 2.51. The molecule has 0 aliphatic carbocycles. The first-order chi connectivity index (χ1) is 7.33. The molecular formula is C9H10N4O2. The molecule has 2 aromatic rings. The van der Waals surface area contributed by atoms with Crippen molar-refractivity contribution in [2.75, 3.05) is 12.5 Å². The first-order valence-corrected chi connectivity index (χ1v) is 4.28. The minimum atomic E-state index is 0.181. The fourth-order valence-electron chi connectivity index (χ4n) is 1.13. The number of aromatic nitrogens is 2. The van der Waals surface area contributed by atoms with Gasteiger partial charge in [-0.3, -0.25) is 5.43 Å². The number of methoxy groups -OCH3 is 1. The summed E-state index contributed by atoms with van der Waals surface area (Å²) >= 11 is 0. The third kappa shape index (κ3) is 1.89. The molecule has 0 atom stereocenters. The van der Waals surface area contributed by atoms with Crippen LogP contribution in [0.1, 0.15) is 0 Å². The van der Waals surface area contributed by atoms with E-state index in [0.717, 1.165) is 11.3 Å². The number of anilines is 1. The fraction of sp³-hybridized carbons (Fsp3) is 0.111. The SMILES string of the molecule is COc1ccc(-c2nnc(NN)o2)cc1. The summed E-state index contributed by atoms with van der Waals surface area (Å²) in [7, 11) is 1.61. The smallest absolute Gasteiger partial charge is 0.330 e. The van der Waals surface area contributed by atoms with E-state index in [1.165, 1.54) is 0 Å². The number of rotatable bonds is 3. The van der Waals surface area contributed by atoms with Gasteiger partial charge in [0.1, 0.15) is 5.75 Å². The van der Waals surface area contributed by atoms with Gasteiger partial charge in [0, 0.05) is 5.56 Å². The second-order valence-corrected chi connectivity index (χ2v) is 2.79. The van der Waals surface area contributed by atoms with Crippen molar-refractivity contribution in [3.63, 3.8) is 0 Å². The molecule has 3 N–H and O–H groups in total. The maximum absolute atomic E-state index is 5.19. The Morgan fingerprint density at radius 2 is 2.00 bits per heavy atom. The second kappa shape index (κ2) is 3.97. The number of ether oxygens (including phenoxy) is 1. The molecule has 2 rings (SSSR count). The third-order valence-electron chi connectivity index (χ3n) is 1.89. The molecule has 0 aliphatic rings. The van der Waals surface area contributed by atoms with Crippen LogP contribution in [0.25, 0.3) is 11.5 Å². The Labute approximate surface area is 86.0 Å². The number of nitrogens with zero attached hydrogens (tertiary/aromatic N) is 2. The van der Waals surface area contributed by atoms with Gasteiger partial charge in [-0.1, -0.05) is 5.10 Å². The molecule has 0 aliphatic heterocycles. The maximum Gasteiger partial charge on any atom is 0.330 e. The first kappa shape index (κ1) is 9.47.